The number of pyridine rings is 1. The number of halogens is 2. The maximum absolute atomic E-state index is 4.16. The van der Waals surface area contributed by atoms with E-state index in [4.69, 9.17) is 0 Å². The third-order valence-corrected chi connectivity index (χ3v) is 3.65. The van der Waals surface area contributed by atoms with Crippen LogP contribution in [0.25, 0.3) is 0 Å². The van der Waals surface area contributed by atoms with Gasteiger partial charge in [-0.15, -0.1) is 0 Å². The van der Waals surface area contributed by atoms with Crippen molar-refractivity contribution in [3.63, 3.8) is 0 Å². The van der Waals surface area contributed by atoms with Crippen LogP contribution in [-0.2, 0) is 0 Å². The van der Waals surface area contributed by atoms with E-state index in [1.165, 1.54) is 9.13 Å². The molecule has 0 unspecified atom stereocenters. The highest BCUT2D eigenvalue weighted by Gasteiger charge is 1.94. The SMILES string of the molecule is Cc1cnc(I)c(I)c1. The van der Waals surface area contributed by atoms with Crippen molar-refractivity contribution in [3.05, 3.63) is 25.1 Å². The first-order valence-corrected chi connectivity index (χ1v) is 4.63. The summed E-state index contributed by atoms with van der Waals surface area (Å²) in [6.07, 6.45) is 1.88. The maximum Gasteiger partial charge on any atom is 0.114 e. The molecule has 0 aliphatic rings. The predicted molar refractivity (Wildman–Crippen MR) is 54.4 cm³/mol. The molecule has 48 valence electrons. The summed E-state index contributed by atoms with van der Waals surface area (Å²) < 4.78 is 2.31. The molecule has 1 rings (SSSR count). The lowest BCUT2D eigenvalue weighted by molar-refractivity contribution is 1.20. The van der Waals surface area contributed by atoms with Crippen molar-refractivity contribution in [2.75, 3.05) is 0 Å². The van der Waals surface area contributed by atoms with Gasteiger partial charge in [0.25, 0.3) is 0 Å². The Labute approximate surface area is 81.5 Å². The highest BCUT2D eigenvalue weighted by Crippen LogP contribution is 2.12. The number of rotatable bonds is 0. The Kier molecular flexibility index (Phi) is 2.69. The Morgan fingerprint density at radius 3 is 2.56 bits per heavy atom. The minimum atomic E-state index is 1.08. The zero-order chi connectivity index (χ0) is 6.85. The van der Waals surface area contributed by atoms with E-state index in [9.17, 15) is 0 Å². The number of nitrogens with zero attached hydrogens (tertiary/aromatic N) is 1. The normalized spacial score (nSPS) is 9.67. The van der Waals surface area contributed by atoms with E-state index in [1.807, 2.05) is 13.1 Å². The molecule has 1 heterocycles. The van der Waals surface area contributed by atoms with Crippen LogP contribution in [0.2, 0.25) is 0 Å². The molecular formula is C6H5I2N. The summed E-state index contributed by atoms with van der Waals surface area (Å²) in [7, 11) is 0. The average molecular weight is 345 g/mol. The van der Waals surface area contributed by atoms with Crippen molar-refractivity contribution in [2.24, 2.45) is 0 Å². The number of hydrogen-bond donors (Lipinski definition) is 0. The molecule has 1 aromatic rings. The van der Waals surface area contributed by atoms with Crippen molar-refractivity contribution >= 4 is 45.2 Å². The Hall–Kier alpha value is 0.610. The highest BCUT2D eigenvalue weighted by atomic mass is 127. The molecule has 3 heteroatoms. The number of hydrogen-bond acceptors (Lipinski definition) is 1. The molecule has 0 aromatic carbocycles. The standard InChI is InChI=1S/C6H5I2N/c1-4-2-5(7)6(8)9-3-4/h2-3H,1H3. The van der Waals surface area contributed by atoms with Gasteiger partial charge in [-0.1, -0.05) is 0 Å². The maximum atomic E-state index is 4.16. The second-order valence-corrected chi connectivity index (χ2v) is 3.97. The van der Waals surface area contributed by atoms with Crippen LogP contribution in [0, 0.1) is 14.2 Å². The topological polar surface area (TPSA) is 12.9 Å². The van der Waals surface area contributed by atoms with Crippen LogP contribution in [-0.4, -0.2) is 4.98 Å². The van der Waals surface area contributed by atoms with E-state index < -0.39 is 0 Å². The Bertz CT molecular complexity index is 222. The number of aromatic nitrogens is 1. The molecule has 0 amide bonds. The number of aryl methyl sites for hydroxylation is 1. The van der Waals surface area contributed by atoms with Gasteiger partial charge in [0.1, 0.15) is 3.70 Å². The van der Waals surface area contributed by atoms with E-state index in [1.54, 1.807) is 0 Å². The first kappa shape index (κ1) is 7.71. The van der Waals surface area contributed by atoms with E-state index in [-0.39, 0.29) is 0 Å². The summed E-state index contributed by atoms with van der Waals surface area (Å²) in [6, 6.07) is 2.12. The molecule has 0 saturated carbocycles. The second-order valence-electron chi connectivity index (χ2n) is 1.79. The molecule has 0 bridgehead atoms. The minimum Gasteiger partial charge on any atom is -0.249 e. The largest absolute Gasteiger partial charge is 0.249 e. The van der Waals surface area contributed by atoms with Crippen LogP contribution in [0.15, 0.2) is 12.3 Å². The zero-order valence-corrected chi connectivity index (χ0v) is 9.17. The van der Waals surface area contributed by atoms with Crippen LogP contribution in [0.4, 0.5) is 0 Å². The van der Waals surface area contributed by atoms with E-state index in [0.29, 0.717) is 0 Å². The Balaban J connectivity index is 3.17. The summed E-state index contributed by atoms with van der Waals surface area (Å²) in [5.74, 6) is 0. The van der Waals surface area contributed by atoms with Gasteiger partial charge in [-0.2, -0.15) is 0 Å². The fourth-order valence-electron chi connectivity index (χ4n) is 0.517. The smallest absolute Gasteiger partial charge is 0.114 e. The van der Waals surface area contributed by atoms with Gasteiger partial charge in [0.2, 0.25) is 0 Å². The molecule has 1 nitrogen and oxygen atoms in total. The molecule has 0 saturated heterocycles. The average Bonchev–Trinajstić information content (AvgIpc) is 1.80. The molecule has 0 radical (unpaired) electrons. The van der Waals surface area contributed by atoms with Gasteiger partial charge in [-0.3, -0.25) is 0 Å². The van der Waals surface area contributed by atoms with Crippen molar-refractivity contribution in [3.8, 4) is 0 Å². The van der Waals surface area contributed by atoms with Crippen molar-refractivity contribution in [1.82, 2.24) is 4.98 Å². The zero-order valence-electron chi connectivity index (χ0n) is 4.86. The monoisotopic (exact) mass is 345 g/mol. The van der Waals surface area contributed by atoms with Gasteiger partial charge in [0.05, 0.1) is 0 Å². The van der Waals surface area contributed by atoms with E-state index in [0.717, 1.165) is 3.70 Å². The molecule has 0 spiro atoms. The van der Waals surface area contributed by atoms with Gasteiger partial charge in [0.15, 0.2) is 0 Å². The van der Waals surface area contributed by atoms with E-state index in [2.05, 4.69) is 56.2 Å². The lowest BCUT2D eigenvalue weighted by Gasteiger charge is -1.94. The van der Waals surface area contributed by atoms with Gasteiger partial charge >= 0.3 is 0 Å². The quantitative estimate of drug-likeness (QED) is 0.521. The summed E-state index contributed by atoms with van der Waals surface area (Å²) in [5, 5.41) is 0. The van der Waals surface area contributed by atoms with Gasteiger partial charge in [0, 0.05) is 9.77 Å². The molecule has 1 aromatic heterocycles. The first-order chi connectivity index (χ1) is 4.20. The van der Waals surface area contributed by atoms with Crippen LogP contribution in [0.3, 0.4) is 0 Å². The Morgan fingerprint density at radius 2 is 2.11 bits per heavy atom. The van der Waals surface area contributed by atoms with Gasteiger partial charge in [-0.05, 0) is 63.7 Å². The van der Waals surface area contributed by atoms with E-state index >= 15 is 0 Å². The van der Waals surface area contributed by atoms with Gasteiger partial charge in [-0.25, -0.2) is 4.98 Å². The molecule has 0 N–H and O–H groups in total. The lowest BCUT2D eigenvalue weighted by Crippen LogP contribution is -1.85. The minimum absolute atomic E-state index is 1.08. The predicted octanol–water partition coefficient (Wildman–Crippen LogP) is 2.60. The summed E-state index contributed by atoms with van der Waals surface area (Å²) in [6.45, 7) is 2.05. The third kappa shape index (κ3) is 2.03. The molecular weight excluding hydrogens is 340 g/mol. The van der Waals surface area contributed by atoms with Crippen LogP contribution in [0.1, 0.15) is 5.56 Å². The van der Waals surface area contributed by atoms with Crippen LogP contribution >= 0.6 is 45.2 Å². The Morgan fingerprint density at radius 1 is 1.44 bits per heavy atom. The third-order valence-electron chi connectivity index (χ3n) is 0.933. The molecule has 0 fully saturated rings. The fourth-order valence-corrected chi connectivity index (χ4v) is 1.44. The second kappa shape index (κ2) is 3.14. The van der Waals surface area contributed by atoms with Crippen molar-refractivity contribution in [2.45, 2.75) is 6.92 Å². The van der Waals surface area contributed by atoms with Crippen molar-refractivity contribution in [1.29, 1.82) is 0 Å². The molecule has 9 heavy (non-hydrogen) atoms. The fraction of sp³-hybridized carbons (Fsp3) is 0.167. The lowest BCUT2D eigenvalue weighted by atomic mass is 10.3. The first-order valence-electron chi connectivity index (χ1n) is 2.48. The van der Waals surface area contributed by atoms with Gasteiger partial charge < -0.3 is 0 Å². The highest BCUT2D eigenvalue weighted by molar-refractivity contribution is 14.1. The summed E-state index contributed by atoms with van der Waals surface area (Å²) in [4.78, 5) is 4.16. The van der Waals surface area contributed by atoms with Crippen LogP contribution < -0.4 is 0 Å². The molecule has 0 aliphatic carbocycles. The molecule has 0 atom stereocenters. The summed E-state index contributed by atoms with van der Waals surface area (Å²) in [5.41, 5.74) is 1.22. The molecule has 0 aliphatic heterocycles. The van der Waals surface area contributed by atoms with Crippen LogP contribution in [0.5, 0.6) is 0 Å². The van der Waals surface area contributed by atoms with Crippen molar-refractivity contribution < 1.29 is 0 Å². The summed E-state index contributed by atoms with van der Waals surface area (Å²) >= 11 is 4.50.